The van der Waals surface area contributed by atoms with E-state index >= 15 is 0 Å². The van der Waals surface area contributed by atoms with Crippen LogP contribution in [0.5, 0.6) is 0 Å². The number of rotatable bonds is 11. The Kier molecular flexibility index (Phi) is 9.56. The van der Waals surface area contributed by atoms with Gasteiger partial charge in [0.05, 0.1) is 29.4 Å². The molecule has 2 atom stereocenters. The van der Waals surface area contributed by atoms with Gasteiger partial charge in [-0.25, -0.2) is 4.98 Å². The first-order chi connectivity index (χ1) is 15.4. The van der Waals surface area contributed by atoms with Crippen LogP contribution in [0.1, 0.15) is 36.3 Å². The van der Waals surface area contributed by atoms with Crippen molar-refractivity contribution in [1.29, 1.82) is 5.26 Å². The maximum Gasteiger partial charge on any atom is 0.264 e. The standard InChI is InChI=1S/C23H26N2O3S4/c1-17-10-13-30-22(17)21-14-19(18-8-4-3-5-9-18)20(15-24)23(25-21)31-16-29-12-7-6-11-28-32(2,26)27/h3-5,8-10,13-14,17,22H,6-7,11-12,16H2,1-2H3. The van der Waals surface area contributed by atoms with E-state index in [1.165, 1.54) is 0 Å². The Hall–Kier alpha value is -1.44. The molecule has 1 aromatic carbocycles. The largest absolute Gasteiger partial charge is 0.270 e. The molecule has 2 aromatic rings. The molecule has 0 saturated heterocycles. The molecule has 0 amide bonds. The van der Waals surface area contributed by atoms with Gasteiger partial charge in [0.2, 0.25) is 0 Å². The smallest absolute Gasteiger partial charge is 0.264 e. The number of benzene rings is 1. The number of aromatic nitrogens is 1. The number of unbranched alkanes of at least 4 members (excludes halogenated alkanes) is 1. The molecule has 3 rings (SSSR count). The van der Waals surface area contributed by atoms with Crippen LogP contribution in [0.25, 0.3) is 11.1 Å². The Morgan fingerprint density at radius 2 is 2.03 bits per heavy atom. The summed E-state index contributed by atoms with van der Waals surface area (Å²) in [6.45, 7) is 2.42. The third-order valence-electron chi connectivity index (χ3n) is 4.84. The number of pyridine rings is 1. The topological polar surface area (TPSA) is 80.0 Å². The Morgan fingerprint density at radius 3 is 2.69 bits per heavy atom. The van der Waals surface area contributed by atoms with Crippen LogP contribution in [0.3, 0.4) is 0 Å². The number of nitriles is 1. The molecule has 1 aliphatic rings. The quantitative estimate of drug-likeness (QED) is 0.157. The zero-order chi connectivity index (χ0) is 23.0. The molecule has 2 heterocycles. The maximum absolute atomic E-state index is 11.0. The second-order valence-corrected chi connectivity index (χ2v) is 12.5. The van der Waals surface area contributed by atoms with E-state index in [-0.39, 0.29) is 11.9 Å². The summed E-state index contributed by atoms with van der Waals surface area (Å²) in [5, 5.41) is 13.9. The fourth-order valence-corrected chi connectivity index (χ4v) is 6.89. The van der Waals surface area contributed by atoms with E-state index in [0.717, 1.165) is 45.4 Å². The molecule has 0 saturated carbocycles. The van der Waals surface area contributed by atoms with E-state index in [2.05, 4.69) is 30.5 Å². The van der Waals surface area contributed by atoms with Crippen molar-refractivity contribution in [3.63, 3.8) is 0 Å². The van der Waals surface area contributed by atoms with E-state index < -0.39 is 10.1 Å². The van der Waals surface area contributed by atoms with Crippen LogP contribution >= 0.6 is 35.3 Å². The van der Waals surface area contributed by atoms with Crippen LogP contribution in [0.2, 0.25) is 0 Å². The summed E-state index contributed by atoms with van der Waals surface area (Å²) in [4.78, 5) is 4.92. The van der Waals surface area contributed by atoms with Gasteiger partial charge in [-0.2, -0.15) is 25.4 Å². The summed E-state index contributed by atoms with van der Waals surface area (Å²) >= 11 is 5.13. The van der Waals surface area contributed by atoms with Crippen molar-refractivity contribution in [2.75, 3.05) is 23.7 Å². The SMILES string of the molecule is CC1C=CSC1c1cc(-c2ccccc2)c(C#N)c(SCSCCCCOS(C)(=O)=O)n1. The maximum atomic E-state index is 11.0. The van der Waals surface area contributed by atoms with Gasteiger partial charge in [0, 0.05) is 10.6 Å². The zero-order valence-corrected chi connectivity index (χ0v) is 21.3. The van der Waals surface area contributed by atoms with Crippen LogP contribution in [0.15, 0.2) is 52.9 Å². The minimum absolute atomic E-state index is 0.223. The molecule has 32 heavy (non-hydrogen) atoms. The van der Waals surface area contributed by atoms with Gasteiger partial charge >= 0.3 is 0 Å². The lowest BCUT2D eigenvalue weighted by Gasteiger charge is -2.18. The lowest BCUT2D eigenvalue weighted by Crippen LogP contribution is -2.05. The van der Waals surface area contributed by atoms with Gasteiger partial charge in [0.15, 0.2) is 0 Å². The van der Waals surface area contributed by atoms with Crippen LogP contribution in [-0.4, -0.2) is 37.1 Å². The summed E-state index contributed by atoms with van der Waals surface area (Å²) in [7, 11) is -3.36. The van der Waals surface area contributed by atoms with Gasteiger partial charge in [-0.15, -0.1) is 11.8 Å². The molecular formula is C23H26N2O3S4. The van der Waals surface area contributed by atoms with Gasteiger partial charge in [-0.3, -0.25) is 4.18 Å². The third-order valence-corrected chi connectivity index (χ3v) is 9.00. The van der Waals surface area contributed by atoms with Crippen molar-refractivity contribution in [1.82, 2.24) is 4.98 Å². The Balaban J connectivity index is 1.69. The van der Waals surface area contributed by atoms with Crippen LogP contribution < -0.4 is 0 Å². The van der Waals surface area contributed by atoms with Crippen molar-refractivity contribution < 1.29 is 12.6 Å². The molecule has 0 fully saturated rings. The summed E-state index contributed by atoms with van der Waals surface area (Å²) in [5.74, 6) is 1.29. The van der Waals surface area contributed by atoms with E-state index in [1.807, 2.05) is 30.3 Å². The number of hydrogen-bond acceptors (Lipinski definition) is 8. The monoisotopic (exact) mass is 506 g/mol. The second-order valence-electron chi connectivity index (χ2n) is 7.40. The van der Waals surface area contributed by atoms with Gasteiger partial charge in [-0.1, -0.05) is 55.1 Å². The van der Waals surface area contributed by atoms with Crippen molar-refractivity contribution >= 4 is 45.4 Å². The van der Waals surface area contributed by atoms with Crippen molar-refractivity contribution in [3.05, 3.63) is 59.1 Å². The highest BCUT2D eigenvalue weighted by molar-refractivity contribution is 8.16. The lowest BCUT2D eigenvalue weighted by atomic mass is 9.98. The second kappa shape index (κ2) is 12.1. The average molecular weight is 507 g/mol. The van der Waals surface area contributed by atoms with Crippen molar-refractivity contribution in [3.8, 4) is 17.2 Å². The van der Waals surface area contributed by atoms with E-state index in [1.54, 1.807) is 35.3 Å². The minimum atomic E-state index is -3.36. The molecule has 1 aliphatic heterocycles. The van der Waals surface area contributed by atoms with E-state index in [0.29, 0.717) is 17.9 Å². The van der Waals surface area contributed by atoms with Gasteiger partial charge in [-0.05, 0) is 41.6 Å². The predicted octanol–water partition coefficient (Wildman–Crippen LogP) is 6.10. The molecule has 5 nitrogen and oxygen atoms in total. The fraction of sp³-hybridized carbons (Fsp3) is 0.391. The molecule has 0 aliphatic carbocycles. The van der Waals surface area contributed by atoms with Crippen LogP contribution in [0.4, 0.5) is 0 Å². The summed E-state index contributed by atoms with van der Waals surface area (Å²) in [5.41, 5.74) is 3.59. The summed E-state index contributed by atoms with van der Waals surface area (Å²) < 4.78 is 26.7. The number of hydrogen-bond donors (Lipinski definition) is 0. The lowest BCUT2D eigenvalue weighted by molar-refractivity contribution is 0.315. The molecule has 170 valence electrons. The minimum Gasteiger partial charge on any atom is -0.270 e. The molecular weight excluding hydrogens is 481 g/mol. The molecule has 9 heteroatoms. The molecule has 2 unspecified atom stereocenters. The highest BCUT2D eigenvalue weighted by Gasteiger charge is 2.25. The Morgan fingerprint density at radius 1 is 1.25 bits per heavy atom. The number of allylic oxidation sites excluding steroid dienone is 1. The van der Waals surface area contributed by atoms with E-state index in [4.69, 9.17) is 9.17 Å². The number of thioether (sulfide) groups is 3. The highest BCUT2D eigenvalue weighted by atomic mass is 32.2. The van der Waals surface area contributed by atoms with Gasteiger partial charge in [0.1, 0.15) is 11.1 Å². The molecule has 1 aromatic heterocycles. The number of nitrogens with zero attached hydrogens (tertiary/aromatic N) is 2. The summed E-state index contributed by atoms with van der Waals surface area (Å²) in [6.07, 6.45) is 4.84. The first-order valence-corrected chi connectivity index (χ1v) is 15.2. The van der Waals surface area contributed by atoms with Gasteiger partial charge in [0.25, 0.3) is 10.1 Å². The van der Waals surface area contributed by atoms with Crippen molar-refractivity contribution in [2.24, 2.45) is 5.92 Å². The Bertz CT molecular complexity index is 1080. The first kappa shape index (κ1) is 25.2. The van der Waals surface area contributed by atoms with Crippen LogP contribution in [-0.2, 0) is 14.3 Å². The predicted molar refractivity (Wildman–Crippen MR) is 136 cm³/mol. The average Bonchev–Trinajstić information content (AvgIpc) is 3.20. The highest BCUT2D eigenvalue weighted by Crippen LogP contribution is 2.44. The molecule has 0 spiro atoms. The van der Waals surface area contributed by atoms with Crippen LogP contribution in [0, 0.1) is 17.2 Å². The van der Waals surface area contributed by atoms with Crippen molar-refractivity contribution in [2.45, 2.75) is 30.0 Å². The van der Waals surface area contributed by atoms with Gasteiger partial charge < -0.3 is 0 Å². The summed E-state index contributed by atoms with van der Waals surface area (Å²) in [6, 6.07) is 14.5. The third kappa shape index (κ3) is 7.29. The molecule has 0 bridgehead atoms. The molecule has 0 radical (unpaired) electrons. The zero-order valence-electron chi connectivity index (χ0n) is 18.1. The first-order valence-electron chi connectivity index (χ1n) is 10.3. The fourth-order valence-electron chi connectivity index (χ4n) is 3.24. The molecule has 0 N–H and O–H groups in total. The normalized spacial score (nSPS) is 18.0. The Labute approximate surface area is 203 Å². The van der Waals surface area contributed by atoms with E-state index in [9.17, 15) is 13.7 Å².